The van der Waals surface area contributed by atoms with Gasteiger partial charge >= 0.3 is 0 Å². The van der Waals surface area contributed by atoms with Crippen LogP contribution in [0.2, 0.25) is 0 Å². The number of amides is 1. The molecule has 5 nitrogen and oxygen atoms in total. The average molecular weight is 258 g/mol. The fraction of sp³-hybridized carbons (Fsp3) is 0.923. The molecule has 5 heteroatoms. The summed E-state index contributed by atoms with van der Waals surface area (Å²) in [5.74, 6) is -0.0270. The maximum atomic E-state index is 12.0. The quantitative estimate of drug-likeness (QED) is 0.662. The molecule has 1 rings (SSSR count). The molecule has 0 radical (unpaired) electrons. The Morgan fingerprint density at radius 2 is 2.28 bits per heavy atom. The molecule has 0 spiro atoms. The third kappa shape index (κ3) is 4.92. The van der Waals surface area contributed by atoms with Gasteiger partial charge in [-0.25, -0.2) is 0 Å². The van der Waals surface area contributed by atoms with Crippen LogP contribution in [0.4, 0.5) is 0 Å². The van der Waals surface area contributed by atoms with Crippen molar-refractivity contribution in [3.8, 4) is 0 Å². The van der Waals surface area contributed by atoms with Crippen LogP contribution in [0.15, 0.2) is 0 Å². The van der Waals surface area contributed by atoms with E-state index in [1.54, 1.807) is 6.92 Å². The van der Waals surface area contributed by atoms with Gasteiger partial charge in [-0.15, -0.1) is 0 Å². The van der Waals surface area contributed by atoms with Crippen LogP contribution in [0.25, 0.3) is 0 Å². The van der Waals surface area contributed by atoms with Crippen molar-refractivity contribution in [1.82, 2.24) is 10.6 Å². The monoisotopic (exact) mass is 258 g/mol. The van der Waals surface area contributed by atoms with Gasteiger partial charge in [0.15, 0.2) is 0 Å². The van der Waals surface area contributed by atoms with Crippen LogP contribution in [0, 0.1) is 5.41 Å². The van der Waals surface area contributed by atoms with E-state index < -0.39 is 0 Å². The maximum absolute atomic E-state index is 12.0. The molecule has 1 aliphatic rings. The molecule has 1 aliphatic heterocycles. The summed E-state index contributed by atoms with van der Waals surface area (Å²) in [6.45, 7) is 9.65. The Bertz CT molecular complexity index is 279. The number of hydrogen-bond donors (Lipinski definition) is 3. The molecular weight excluding hydrogens is 232 g/mol. The van der Waals surface area contributed by atoms with E-state index in [0.29, 0.717) is 26.1 Å². The molecule has 0 saturated carbocycles. The lowest BCUT2D eigenvalue weighted by molar-refractivity contribution is -0.129. The molecule has 1 saturated heterocycles. The molecule has 18 heavy (non-hydrogen) atoms. The van der Waals surface area contributed by atoms with Crippen LogP contribution in [0.5, 0.6) is 0 Å². The van der Waals surface area contributed by atoms with Crippen molar-refractivity contribution in [3.63, 3.8) is 0 Å². The zero-order valence-electron chi connectivity index (χ0n) is 11.8. The number of ether oxygens (including phenoxy) is 1. The molecule has 0 aromatic carbocycles. The molecule has 3 atom stereocenters. The van der Waals surface area contributed by atoms with Gasteiger partial charge < -0.3 is 20.5 Å². The van der Waals surface area contributed by atoms with Gasteiger partial charge in [0.1, 0.15) is 6.04 Å². The Morgan fingerprint density at radius 1 is 1.61 bits per heavy atom. The van der Waals surface area contributed by atoms with Crippen molar-refractivity contribution in [2.24, 2.45) is 5.41 Å². The smallest absolute Gasteiger partial charge is 0.239 e. The van der Waals surface area contributed by atoms with E-state index in [1.165, 1.54) is 0 Å². The van der Waals surface area contributed by atoms with Crippen molar-refractivity contribution in [2.75, 3.05) is 19.7 Å². The highest BCUT2D eigenvalue weighted by Gasteiger charge is 2.29. The van der Waals surface area contributed by atoms with Gasteiger partial charge in [0, 0.05) is 13.1 Å². The lowest BCUT2D eigenvalue weighted by Crippen LogP contribution is -2.56. The molecule has 1 fully saturated rings. The molecule has 0 aromatic heterocycles. The molecule has 1 amide bonds. The molecule has 1 heterocycles. The van der Waals surface area contributed by atoms with E-state index in [9.17, 15) is 9.90 Å². The van der Waals surface area contributed by atoms with Gasteiger partial charge in [0.05, 0.1) is 18.8 Å². The van der Waals surface area contributed by atoms with Gasteiger partial charge in [0.2, 0.25) is 5.91 Å². The van der Waals surface area contributed by atoms with Crippen LogP contribution in [-0.4, -0.2) is 49.0 Å². The van der Waals surface area contributed by atoms with Crippen LogP contribution in [-0.2, 0) is 9.53 Å². The standard InChI is InChI=1S/C13H26N2O3/c1-9(16)7-13(3,4)8-15-12(17)11-10(2)18-6-5-14-11/h9-11,14,16H,5-8H2,1-4H3,(H,15,17)/t9?,10-,11+/m1/s1. The Labute approximate surface area is 109 Å². The van der Waals surface area contributed by atoms with Crippen molar-refractivity contribution in [3.05, 3.63) is 0 Å². The maximum Gasteiger partial charge on any atom is 0.239 e. The largest absolute Gasteiger partial charge is 0.393 e. The predicted octanol–water partition coefficient (Wildman–Crippen LogP) is 0.277. The molecule has 3 N–H and O–H groups in total. The molecular formula is C13H26N2O3. The lowest BCUT2D eigenvalue weighted by atomic mass is 9.87. The summed E-state index contributed by atoms with van der Waals surface area (Å²) in [5.41, 5.74) is -0.109. The normalized spacial score (nSPS) is 26.7. The first kappa shape index (κ1) is 15.4. The first-order valence-electron chi connectivity index (χ1n) is 6.62. The predicted molar refractivity (Wildman–Crippen MR) is 70.3 cm³/mol. The molecule has 0 bridgehead atoms. The fourth-order valence-electron chi connectivity index (χ4n) is 2.34. The highest BCUT2D eigenvalue weighted by Crippen LogP contribution is 2.21. The number of hydrogen-bond acceptors (Lipinski definition) is 4. The van der Waals surface area contributed by atoms with Gasteiger partial charge in [-0.2, -0.15) is 0 Å². The van der Waals surface area contributed by atoms with E-state index in [1.807, 2.05) is 20.8 Å². The second-order valence-electron chi connectivity index (χ2n) is 5.94. The molecule has 0 aliphatic carbocycles. The third-order valence-electron chi connectivity index (χ3n) is 3.19. The second kappa shape index (κ2) is 6.50. The zero-order valence-corrected chi connectivity index (χ0v) is 11.8. The first-order chi connectivity index (χ1) is 8.32. The molecule has 1 unspecified atom stereocenters. The Balaban J connectivity index is 2.40. The number of carbonyl (C=O) groups is 1. The van der Waals surface area contributed by atoms with Crippen LogP contribution < -0.4 is 10.6 Å². The summed E-state index contributed by atoms with van der Waals surface area (Å²) in [6.07, 6.45) is 0.211. The number of rotatable bonds is 5. The summed E-state index contributed by atoms with van der Waals surface area (Å²) >= 11 is 0. The Hall–Kier alpha value is -0.650. The number of aliphatic hydroxyl groups excluding tert-OH is 1. The van der Waals surface area contributed by atoms with E-state index in [-0.39, 0.29) is 29.6 Å². The van der Waals surface area contributed by atoms with Crippen LogP contribution in [0.1, 0.15) is 34.1 Å². The van der Waals surface area contributed by atoms with Crippen molar-refractivity contribution in [2.45, 2.75) is 52.4 Å². The fourth-order valence-corrected chi connectivity index (χ4v) is 2.34. The lowest BCUT2D eigenvalue weighted by Gasteiger charge is -2.31. The highest BCUT2D eigenvalue weighted by atomic mass is 16.5. The number of aliphatic hydroxyl groups is 1. The summed E-state index contributed by atoms with van der Waals surface area (Å²) < 4.78 is 5.44. The minimum Gasteiger partial charge on any atom is -0.393 e. The van der Waals surface area contributed by atoms with Crippen LogP contribution >= 0.6 is 0 Å². The van der Waals surface area contributed by atoms with Gasteiger partial charge in [0.25, 0.3) is 0 Å². The van der Waals surface area contributed by atoms with E-state index >= 15 is 0 Å². The summed E-state index contributed by atoms with van der Waals surface area (Å²) in [6, 6.07) is -0.277. The number of carbonyl (C=O) groups excluding carboxylic acids is 1. The topological polar surface area (TPSA) is 70.6 Å². The minimum absolute atomic E-state index is 0.0270. The zero-order chi connectivity index (χ0) is 13.8. The van der Waals surface area contributed by atoms with Crippen LogP contribution in [0.3, 0.4) is 0 Å². The summed E-state index contributed by atoms with van der Waals surface area (Å²) in [4.78, 5) is 12.0. The first-order valence-corrected chi connectivity index (χ1v) is 6.62. The van der Waals surface area contributed by atoms with E-state index in [2.05, 4.69) is 10.6 Å². The van der Waals surface area contributed by atoms with Crippen molar-refractivity contribution < 1.29 is 14.6 Å². The highest BCUT2D eigenvalue weighted by molar-refractivity contribution is 5.82. The SMILES string of the molecule is CC(O)CC(C)(C)CNC(=O)[C@H]1NCCO[C@@H]1C. The number of morpholine rings is 1. The minimum atomic E-state index is -0.355. The van der Waals surface area contributed by atoms with Gasteiger partial charge in [-0.3, -0.25) is 4.79 Å². The van der Waals surface area contributed by atoms with E-state index in [0.717, 1.165) is 0 Å². The van der Waals surface area contributed by atoms with Gasteiger partial charge in [-0.1, -0.05) is 13.8 Å². The summed E-state index contributed by atoms with van der Waals surface area (Å²) in [5, 5.41) is 15.5. The van der Waals surface area contributed by atoms with Crippen molar-refractivity contribution in [1.29, 1.82) is 0 Å². The van der Waals surface area contributed by atoms with Crippen molar-refractivity contribution >= 4 is 5.91 Å². The Kier molecular flexibility index (Phi) is 5.56. The summed E-state index contributed by atoms with van der Waals surface area (Å²) in [7, 11) is 0. The second-order valence-corrected chi connectivity index (χ2v) is 5.94. The average Bonchev–Trinajstić information content (AvgIpc) is 2.25. The Morgan fingerprint density at radius 3 is 2.83 bits per heavy atom. The van der Waals surface area contributed by atoms with E-state index in [4.69, 9.17) is 4.74 Å². The molecule has 106 valence electrons. The van der Waals surface area contributed by atoms with Gasteiger partial charge in [-0.05, 0) is 25.7 Å². The number of nitrogens with one attached hydrogen (secondary N) is 2. The third-order valence-corrected chi connectivity index (χ3v) is 3.19. The molecule has 0 aromatic rings.